The van der Waals surface area contributed by atoms with E-state index in [1.165, 1.54) is 49.8 Å². The summed E-state index contributed by atoms with van der Waals surface area (Å²) in [6, 6.07) is 3.73. The third-order valence-corrected chi connectivity index (χ3v) is 7.18. The quantitative estimate of drug-likeness (QED) is 0.482. The first-order chi connectivity index (χ1) is 15.6. The van der Waals surface area contributed by atoms with Crippen LogP contribution >= 0.6 is 11.3 Å². The minimum Gasteiger partial charge on any atom is -0.481 e. The van der Waals surface area contributed by atoms with Gasteiger partial charge in [-0.05, 0) is 42.4 Å². The van der Waals surface area contributed by atoms with Gasteiger partial charge in [-0.3, -0.25) is 4.79 Å². The van der Waals surface area contributed by atoms with E-state index in [1.807, 2.05) is 19.2 Å². The van der Waals surface area contributed by atoms with Crippen LogP contribution in [0.4, 0.5) is 0 Å². The molecule has 0 atom stereocenters. The average Bonchev–Trinajstić information content (AvgIpc) is 3.22. The second kappa shape index (κ2) is 10.3. The van der Waals surface area contributed by atoms with Crippen molar-refractivity contribution >= 4 is 27.5 Å². The number of thiophene rings is 1. The van der Waals surface area contributed by atoms with Crippen LogP contribution in [0.3, 0.4) is 0 Å². The maximum absolute atomic E-state index is 13.4. The van der Waals surface area contributed by atoms with Gasteiger partial charge < -0.3 is 14.4 Å². The lowest BCUT2D eigenvalue weighted by molar-refractivity contribution is 0.0789. The maximum Gasteiger partial charge on any atom is 0.264 e. The van der Waals surface area contributed by atoms with Crippen LogP contribution in [-0.2, 0) is 13.0 Å². The number of aryl methyl sites for hydroxylation is 1. The Bertz CT molecular complexity index is 1080. The highest BCUT2D eigenvalue weighted by atomic mass is 32.1. The topological polar surface area (TPSA) is 77.4 Å². The Morgan fingerprint density at radius 1 is 1.22 bits per heavy atom. The largest absolute Gasteiger partial charge is 0.481 e. The van der Waals surface area contributed by atoms with Gasteiger partial charge in [-0.25, -0.2) is 15.0 Å². The van der Waals surface area contributed by atoms with E-state index in [0.717, 1.165) is 21.3 Å². The first-order valence-electron chi connectivity index (χ1n) is 11.2. The molecule has 0 unspecified atom stereocenters. The van der Waals surface area contributed by atoms with Gasteiger partial charge in [-0.1, -0.05) is 26.2 Å². The molecule has 1 saturated carbocycles. The minimum atomic E-state index is -0.0288. The van der Waals surface area contributed by atoms with Gasteiger partial charge in [0, 0.05) is 25.9 Å². The number of pyridine rings is 1. The van der Waals surface area contributed by atoms with Gasteiger partial charge >= 0.3 is 0 Å². The first-order valence-corrected chi connectivity index (χ1v) is 12.1. The zero-order valence-electron chi connectivity index (χ0n) is 19.0. The highest BCUT2D eigenvalue weighted by Gasteiger charge is 2.25. The molecule has 4 rings (SSSR count). The lowest BCUT2D eigenvalue weighted by Gasteiger charge is -2.21. The number of fused-ring (bicyclic) bond motifs is 1. The van der Waals surface area contributed by atoms with Crippen LogP contribution in [0.1, 0.15) is 59.8 Å². The van der Waals surface area contributed by atoms with Crippen molar-refractivity contribution in [3.63, 3.8) is 0 Å². The zero-order valence-corrected chi connectivity index (χ0v) is 19.8. The van der Waals surface area contributed by atoms with Crippen LogP contribution in [-0.4, -0.2) is 46.5 Å². The molecule has 1 fully saturated rings. The standard InChI is InChI=1S/C24H30N4O3S/c1-4-18-20-22(31-14-16-8-6-5-7-9-16)26-15-27-23(20)32-21(18)24(29)28(2)13-17-10-11-25-19(12-17)30-3/h10-12,15-16H,4-9,13-14H2,1-3H3. The molecule has 0 spiro atoms. The summed E-state index contributed by atoms with van der Waals surface area (Å²) in [6.07, 6.45) is 10.2. The molecule has 1 aliphatic carbocycles. The summed E-state index contributed by atoms with van der Waals surface area (Å²) >= 11 is 1.42. The molecule has 0 aliphatic heterocycles. The fraction of sp³-hybridized carbons (Fsp3) is 0.500. The monoisotopic (exact) mass is 454 g/mol. The third-order valence-electron chi connectivity index (χ3n) is 6.06. The Balaban J connectivity index is 1.57. The normalized spacial score (nSPS) is 14.5. The van der Waals surface area contributed by atoms with Gasteiger partial charge in [0.2, 0.25) is 11.8 Å². The molecular formula is C24H30N4O3S. The van der Waals surface area contributed by atoms with E-state index < -0.39 is 0 Å². The fourth-order valence-electron chi connectivity index (χ4n) is 4.31. The van der Waals surface area contributed by atoms with Crippen LogP contribution < -0.4 is 9.47 Å². The number of methoxy groups -OCH3 is 1. The summed E-state index contributed by atoms with van der Waals surface area (Å²) in [5.74, 6) is 1.70. The first kappa shape index (κ1) is 22.5. The number of rotatable bonds is 8. The Labute approximate surface area is 192 Å². The van der Waals surface area contributed by atoms with Crippen LogP contribution in [0.5, 0.6) is 11.8 Å². The summed E-state index contributed by atoms with van der Waals surface area (Å²) in [5.41, 5.74) is 1.93. The Kier molecular flexibility index (Phi) is 7.19. The lowest BCUT2D eigenvalue weighted by Crippen LogP contribution is -2.26. The van der Waals surface area contributed by atoms with Gasteiger partial charge in [-0.2, -0.15) is 0 Å². The molecule has 170 valence electrons. The number of hydrogen-bond donors (Lipinski definition) is 0. The van der Waals surface area contributed by atoms with Gasteiger partial charge in [0.25, 0.3) is 5.91 Å². The summed E-state index contributed by atoms with van der Waals surface area (Å²) < 4.78 is 11.4. The summed E-state index contributed by atoms with van der Waals surface area (Å²) in [7, 11) is 3.39. The molecule has 3 heterocycles. The number of carbonyl (C=O) groups excluding carboxylic acids is 1. The van der Waals surface area contributed by atoms with Crippen LogP contribution in [0.15, 0.2) is 24.7 Å². The molecule has 8 heteroatoms. The van der Waals surface area contributed by atoms with Gasteiger partial charge in [0.15, 0.2) is 0 Å². The number of hydrogen-bond acceptors (Lipinski definition) is 7. The van der Waals surface area contributed by atoms with Crippen molar-refractivity contribution in [2.45, 2.75) is 52.0 Å². The molecule has 3 aromatic rings. The van der Waals surface area contributed by atoms with Crippen molar-refractivity contribution in [1.29, 1.82) is 0 Å². The van der Waals surface area contributed by atoms with E-state index >= 15 is 0 Å². The van der Waals surface area contributed by atoms with Crippen LogP contribution in [0.2, 0.25) is 0 Å². The third kappa shape index (κ3) is 4.85. The molecule has 3 aromatic heterocycles. The highest BCUT2D eigenvalue weighted by molar-refractivity contribution is 7.20. The second-order valence-electron chi connectivity index (χ2n) is 8.30. The molecule has 1 amide bonds. The van der Waals surface area contributed by atoms with E-state index in [-0.39, 0.29) is 5.91 Å². The number of ether oxygens (including phenoxy) is 2. The molecule has 7 nitrogen and oxygen atoms in total. The molecular weight excluding hydrogens is 424 g/mol. The van der Waals surface area contributed by atoms with E-state index in [0.29, 0.717) is 42.1 Å². The van der Waals surface area contributed by atoms with Crippen molar-refractivity contribution in [1.82, 2.24) is 19.9 Å². The highest BCUT2D eigenvalue weighted by Crippen LogP contribution is 2.36. The minimum absolute atomic E-state index is 0.0288. The van der Waals surface area contributed by atoms with Gasteiger partial charge in [-0.15, -0.1) is 11.3 Å². The van der Waals surface area contributed by atoms with Gasteiger partial charge in [0.1, 0.15) is 11.2 Å². The summed E-state index contributed by atoms with van der Waals surface area (Å²) in [4.78, 5) is 29.6. The molecule has 0 aromatic carbocycles. The second-order valence-corrected chi connectivity index (χ2v) is 9.30. The van der Waals surface area contributed by atoms with E-state index in [9.17, 15) is 4.79 Å². The van der Waals surface area contributed by atoms with Crippen LogP contribution in [0, 0.1) is 5.92 Å². The Morgan fingerprint density at radius 2 is 2.03 bits per heavy atom. The van der Waals surface area contributed by atoms with Crippen molar-refractivity contribution < 1.29 is 14.3 Å². The average molecular weight is 455 g/mol. The van der Waals surface area contributed by atoms with E-state index in [2.05, 4.69) is 21.9 Å². The summed E-state index contributed by atoms with van der Waals surface area (Å²) in [5, 5.41) is 0.887. The van der Waals surface area contributed by atoms with Crippen molar-refractivity contribution in [2.24, 2.45) is 5.92 Å². The predicted molar refractivity (Wildman–Crippen MR) is 125 cm³/mol. The van der Waals surface area contributed by atoms with Crippen molar-refractivity contribution in [2.75, 3.05) is 20.8 Å². The summed E-state index contributed by atoms with van der Waals surface area (Å²) in [6.45, 7) is 3.20. The van der Waals surface area contributed by atoms with Crippen molar-refractivity contribution in [3.8, 4) is 11.8 Å². The lowest BCUT2D eigenvalue weighted by atomic mass is 9.90. The fourth-order valence-corrected chi connectivity index (χ4v) is 5.53. The SMILES string of the molecule is CCc1c(C(=O)N(C)Cc2ccnc(OC)c2)sc2ncnc(OCC3CCCCC3)c12. The Morgan fingerprint density at radius 3 is 2.78 bits per heavy atom. The number of nitrogens with zero attached hydrogens (tertiary/aromatic N) is 4. The smallest absolute Gasteiger partial charge is 0.264 e. The van der Waals surface area contributed by atoms with E-state index in [1.54, 1.807) is 18.2 Å². The molecule has 1 aliphatic rings. The molecule has 0 bridgehead atoms. The maximum atomic E-state index is 13.4. The Hall–Kier alpha value is -2.74. The van der Waals surface area contributed by atoms with Crippen molar-refractivity contribution in [3.05, 3.63) is 40.7 Å². The zero-order chi connectivity index (χ0) is 22.5. The number of carbonyl (C=O) groups is 1. The number of amides is 1. The predicted octanol–water partition coefficient (Wildman–Crippen LogP) is 4.89. The van der Waals surface area contributed by atoms with E-state index in [4.69, 9.17) is 9.47 Å². The van der Waals surface area contributed by atoms with Gasteiger partial charge in [0.05, 0.1) is 24.0 Å². The molecule has 0 saturated heterocycles. The molecule has 32 heavy (non-hydrogen) atoms. The van der Waals surface area contributed by atoms with Crippen LogP contribution in [0.25, 0.3) is 10.2 Å². The molecule has 0 N–H and O–H groups in total. The molecule has 0 radical (unpaired) electrons. The number of aromatic nitrogens is 3.